The third-order valence-electron chi connectivity index (χ3n) is 2.60. The monoisotopic (exact) mass is 243 g/mol. The number of hydrogen-bond acceptors (Lipinski definition) is 5. The van der Waals surface area contributed by atoms with E-state index in [0.717, 1.165) is 11.2 Å². The third kappa shape index (κ3) is 2.00. The molecule has 0 spiro atoms. The maximum Gasteiger partial charge on any atom is 0.296 e. The summed E-state index contributed by atoms with van der Waals surface area (Å²) in [5, 5.41) is 7.35. The number of hydrogen-bond donors (Lipinski definition) is 2. The van der Waals surface area contributed by atoms with Gasteiger partial charge in [-0.15, -0.1) is 0 Å². The van der Waals surface area contributed by atoms with Crippen LogP contribution in [0.15, 0.2) is 34.9 Å². The third-order valence-corrected chi connectivity index (χ3v) is 2.60. The molecule has 6 nitrogen and oxygen atoms in total. The molecule has 2 heterocycles. The number of nitrogens with two attached hydrogens (primary N) is 1. The number of aromatic nitrogens is 3. The first kappa shape index (κ1) is 10.6. The molecule has 0 aliphatic carbocycles. The summed E-state index contributed by atoms with van der Waals surface area (Å²) in [6, 6.07) is 7.79. The normalized spacial score (nSPS) is 10.9. The maximum absolute atomic E-state index is 5.69. The number of rotatable bonds is 3. The average Bonchev–Trinajstić information content (AvgIpc) is 2.92. The summed E-state index contributed by atoms with van der Waals surface area (Å²) in [5.74, 6) is 0. The van der Waals surface area contributed by atoms with Gasteiger partial charge in [-0.1, -0.05) is 0 Å². The quantitative estimate of drug-likeness (QED) is 0.685. The molecule has 0 unspecified atom stereocenters. The molecule has 0 saturated heterocycles. The van der Waals surface area contributed by atoms with Gasteiger partial charge in [0.25, 0.3) is 6.01 Å². The zero-order valence-electron chi connectivity index (χ0n) is 9.92. The fourth-order valence-corrected chi connectivity index (χ4v) is 1.74. The molecule has 0 atom stereocenters. The van der Waals surface area contributed by atoms with Crippen LogP contribution in [-0.4, -0.2) is 14.8 Å². The molecule has 1 aromatic carbocycles. The Morgan fingerprint density at radius 3 is 3.06 bits per heavy atom. The van der Waals surface area contributed by atoms with E-state index in [-0.39, 0.29) is 0 Å². The van der Waals surface area contributed by atoms with Gasteiger partial charge in [-0.2, -0.15) is 10.1 Å². The van der Waals surface area contributed by atoms with Crippen molar-refractivity contribution in [2.75, 3.05) is 11.1 Å². The van der Waals surface area contributed by atoms with Crippen LogP contribution in [-0.2, 0) is 13.6 Å². The molecule has 0 bridgehead atoms. The van der Waals surface area contributed by atoms with Crippen molar-refractivity contribution in [1.82, 2.24) is 14.8 Å². The van der Waals surface area contributed by atoms with Gasteiger partial charge in [0.1, 0.15) is 5.52 Å². The molecular formula is C12H13N5O. The highest BCUT2D eigenvalue weighted by Crippen LogP contribution is 2.21. The number of nitrogens with one attached hydrogen (secondary N) is 1. The Morgan fingerprint density at radius 2 is 2.28 bits per heavy atom. The molecule has 2 aromatic heterocycles. The van der Waals surface area contributed by atoms with Crippen LogP contribution in [0.5, 0.6) is 0 Å². The van der Waals surface area contributed by atoms with Crippen molar-refractivity contribution < 1.29 is 4.42 Å². The molecule has 92 valence electrons. The Hall–Kier alpha value is -2.50. The van der Waals surface area contributed by atoms with Crippen molar-refractivity contribution in [3.8, 4) is 0 Å². The lowest BCUT2D eigenvalue weighted by atomic mass is 10.3. The molecule has 3 aromatic rings. The van der Waals surface area contributed by atoms with E-state index < -0.39 is 0 Å². The van der Waals surface area contributed by atoms with Gasteiger partial charge in [0.05, 0.1) is 12.2 Å². The largest absolute Gasteiger partial charge is 0.424 e. The Balaban J connectivity index is 1.78. The molecule has 0 aliphatic rings. The molecular weight excluding hydrogens is 230 g/mol. The van der Waals surface area contributed by atoms with Gasteiger partial charge in [0.2, 0.25) is 0 Å². The van der Waals surface area contributed by atoms with E-state index >= 15 is 0 Å². The summed E-state index contributed by atoms with van der Waals surface area (Å²) in [6.45, 7) is 0.573. The molecule has 0 amide bonds. The van der Waals surface area contributed by atoms with Crippen molar-refractivity contribution >= 4 is 22.8 Å². The summed E-state index contributed by atoms with van der Waals surface area (Å²) in [7, 11) is 1.88. The SMILES string of the molecule is Cn1ccc(CNc2nc3cc(N)ccc3o2)n1. The van der Waals surface area contributed by atoms with Crippen LogP contribution in [0.1, 0.15) is 5.69 Å². The zero-order chi connectivity index (χ0) is 12.5. The molecule has 3 rings (SSSR count). The Morgan fingerprint density at radius 1 is 1.39 bits per heavy atom. The predicted octanol–water partition coefficient (Wildman–Crippen LogP) is 1.76. The van der Waals surface area contributed by atoms with Crippen LogP contribution >= 0.6 is 0 Å². The lowest BCUT2D eigenvalue weighted by molar-refractivity contribution is 0.613. The van der Waals surface area contributed by atoms with Gasteiger partial charge in [-0.25, -0.2) is 0 Å². The first-order chi connectivity index (χ1) is 8.70. The van der Waals surface area contributed by atoms with Gasteiger partial charge in [-0.05, 0) is 24.3 Å². The van der Waals surface area contributed by atoms with E-state index in [4.69, 9.17) is 10.2 Å². The second kappa shape index (κ2) is 4.06. The summed E-state index contributed by atoms with van der Waals surface area (Å²) in [4.78, 5) is 4.30. The van der Waals surface area contributed by atoms with Gasteiger partial charge >= 0.3 is 0 Å². The van der Waals surface area contributed by atoms with Gasteiger partial charge < -0.3 is 15.5 Å². The van der Waals surface area contributed by atoms with E-state index in [9.17, 15) is 0 Å². The van der Waals surface area contributed by atoms with E-state index in [1.54, 1.807) is 16.8 Å². The molecule has 0 aliphatic heterocycles. The number of benzene rings is 1. The van der Waals surface area contributed by atoms with Crippen LogP contribution in [0.3, 0.4) is 0 Å². The summed E-state index contributed by atoms with van der Waals surface area (Å²) in [5.41, 5.74) is 8.75. The van der Waals surface area contributed by atoms with Gasteiger partial charge in [0, 0.05) is 18.9 Å². The van der Waals surface area contributed by atoms with Crippen LogP contribution in [0.2, 0.25) is 0 Å². The number of nitrogen functional groups attached to an aromatic ring is 1. The molecule has 0 saturated carbocycles. The van der Waals surface area contributed by atoms with E-state index in [0.29, 0.717) is 23.8 Å². The standard InChI is InChI=1S/C12H13N5O/c1-17-5-4-9(16-17)7-14-12-15-10-6-8(13)2-3-11(10)18-12/h2-6H,7,13H2,1H3,(H,14,15). The number of anilines is 2. The smallest absolute Gasteiger partial charge is 0.296 e. The van der Waals surface area contributed by atoms with Gasteiger partial charge in [-0.3, -0.25) is 4.68 Å². The Kier molecular flexibility index (Phi) is 2.40. The van der Waals surface area contributed by atoms with Crippen LogP contribution < -0.4 is 11.1 Å². The van der Waals surface area contributed by atoms with E-state index in [2.05, 4.69) is 15.4 Å². The fourth-order valence-electron chi connectivity index (χ4n) is 1.74. The average molecular weight is 243 g/mol. The molecule has 3 N–H and O–H groups in total. The first-order valence-electron chi connectivity index (χ1n) is 5.59. The summed E-state index contributed by atoms with van der Waals surface area (Å²) < 4.78 is 7.29. The predicted molar refractivity (Wildman–Crippen MR) is 69.0 cm³/mol. The molecule has 6 heteroatoms. The minimum absolute atomic E-state index is 0.473. The lowest BCUT2D eigenvalue weighted by Gasteiger charge is -1.96. The van der Waals surface area contributed by atoms with Gasteiger partial charge in [0.15, 0.2) is 5.58 Å². The highest BCUT2D eigenvalue weighted by atomic mass is 16.4. The zero-order valence-corrected chi connectivity index (χ0v) is 9.92. The second-order valence-electron chi connectivity index (χ2n) is 4.08. The van der Waals surface area contributed by atoms with Crippen LogP contribution in [0.25, 0.3) is 11.1 Å². The Labute approximate surface area is 103 Å². The molecule has 0 radical (unpaired) electrons. The van der Waals surface area contributed by atoms with Crippen molar-refractivity contribution in [2.45, 2.75) is 6.54 Å². The fraction of sp³-hybridized carbons (Fsp3) is 0.167. The summed E-state index contributed by atoms with van der Waals surface area (Å²) in [6.07, 6.45) is 1.89. The number of oxazole rings is 1. The lowest BCUT2D eigenvalue weighted by Crippen LogP contribution is -2.01. The minimum Gasteiger partial charge on any atom is -0.424 e. The number of fused-ring (bicyclic) bond motifs is 1. The number of aryl methyl sites for hydroxylation is 1. The molecule has 0 fully saturated rings. The van der Waals surface area contributed by atoms with Crippen molar-refractivity contribution in [3.05, 3.63) is 36.2 Å². The van der Waals surface area contributed by atoms with Crippen molar-refractivity contribution in [1.29, 1.82) is 0 Å². The topological polar surface area (TPSA) is 81.9 Å². The maximum atomic E-state index is 5.69. The van der Waals surface area contributed by atoms with Crippen LogP contribution in [0.4, 0.5) is 11.7 Å². The second-order valence-corrected chi connectivity index (χ2v) is 4.08. The van der Waals surface area contributed by atoms with E-state index in [1.807, 2.05) is 25.4 Å². The van der Waals surface area contributed by atoms with E-state index in [1.165, 1.54) is 0 Å². The Bertz CT molecular complexity index is 685. The molecule has 18 heavy (non-hydrogen) atoms. The number of nitrogens with zero attached hydrogens (tertiary/aromatic N) is 3. The minimum atomic E-state index is 0.473. The highest BCUT2D eigenvalue weighted by Gasteiger charge is 2.06. The van der Waals surface area contributed by atoms with Crippen molar-refractivity contribution in [2.24, 2.45) is 7.05 Å². The summed E-state index contributed by atoms with van der Waals surface area (Å²) >= 11 is 0. The first-order valence-corrected chi connectivity index (χ1v) is 5.59. The highest BCUT2D eigenvalue weighted by molar-refractivity contribution is 5.78. The van der Waals surface area contributed by atoms with Crippen LogP contribution in [0, 0.1) is 0 Å². The van der Waals surface area contributed by atoms with Crippen molar-refractivity contribution in [3.63, 3.8) is 0 Å².